The normalized spacial score (nSPS) is 15.5. The fraction of sp³-hybridized carbons (Fsp3) is 0.400. The summed E-state index contributed by atoms with van der Waals surface area (Å²) in [5.41, 5.74) is 1.10. The summed E-state index contributed by atoms with van der Waals surface area (Å²) in [6.45, 7) is 3.55. The number of halogens is 2. The van der Waals surface area contributed by atoms with Gasteiger partial charge in [-0.15, -0.1) is 0 Å². The molecule has 2 heterocycles. The molecule has 3 rings (SSSR count). The minimum Gasteiger partial charge on any atom is -0.482 e. The summed E-state index contributed by atoms with van der Waals surface area (Å²) in [6.07, 6.45) is 3.96. The number of hydrogen-bond acceptors (Lipinski definition) is 4. The molecule has 1 aromatic heterocycles. The smallest absolute Gasteiger partial charge is 0.257 e. The van der Waals surface area contributed by atoms with Gasteiger partial charge in [0.05, 0.1) is 10.7 Å². The average molecular weight is 408 g/mol. The van der Waals surface area contributed by atoms with Gasteiger partial charge in [0.1, 0.15) is 5.75 Å². The van der Waals surface area contributed by atoms with Crippen LogP contribution < -0.4 is 10.1 Å². The maximum Gasteiger partial charge on any atom is 0.257 e. The monoisotopic (exact) mass is 407 g/mol. The first-order valence-corrected chi connectivity index (χ1v) is 9.82. The van der Waals surface area contributed by atoms with Crippen LogP contribution in [0.25, 0.3) is 0 Å². The molecule has 0 spiro atoms. The lowest BCUT2D eigenvalue weighted by Gasteiger charge is -2.31. The molecular weight excluding hydrogens is 385 g/mol. The van der Waals surface area contributed by atoms with E-state index in [9.17, 15) is 4.79 Å². The summed E-state index contributed by atoms with van der Waals surface area (Å²) in [5.74, 6) is 0.809. The van der Waals surface area contributed by atoms with Gasteiger partial charge in [-0.1, -0.05) is 29.3 Å². The topological polar surface area (TPSA) is 54.5 Å². The number of likely N-dealkylation sites (tertiary alicyclic amines) is 1. The van der Waals surface area contributed by atoms with Crippen molar-refractivity contribution in [2.75, 3.05) is 26.2 Å². The molecule has 0 bridgehead atoms. The molecule has 1 aliphatic rings. The Bertz CT molecular complexity index is 750. The highest BCUT2D eigenvalue weighted by molar-refractivity contribution is 6.35. The molecule has 1 N–H and O–H groups in total. The molecule has 1 amide bonds. The highest BCUT2D eigenvalue weighted by Gasteiger charge is 2.20. The molecule has 1 aliphatic heterocycles. The zero-order valence-electron chi connectivity index (χ0n) is 15.0. The number of carbonyl (C=O) groups is 1. The van der Waals surface area contributed by atoms with Crippen molar-refractivity contribution in [2.45, 2.75) is 19.4 Å². The van der Waals surface area contributed by atoms with E-state index in [2.05, 4.69) is 21.3 Å². The van der Waals surface area contributed by atoms with E-state index in [1.807, 2.05) is 18.3 Å². The van der Waals surface area contributed by atoms with E-state index in [0.717, 1.165) is 38.2 Å². The summed E-state index contributed by atoms with van der Waals surface area (Å²) in [7, 11) is 0. The van der Waals surface area contributed by atoms with E-state index < -0.39 is 0 Å². The standard InChI is InChI=1S/C20H23Cl2N3O2/c21-16-4-5-19(18(22)11-16)27-14-20(26)24-12-15-6-9-25(10-7-15)13-17-3-1-2-8-23-17/h1-5,8,11,15H,6-7,9-10,12-14H2,(H,24,26). The van der Waals surface area contributed by atoms with Crippen LogP contribution in [0.2, 0.25) is 10.0 Å². The minimum absolute atomic E-state index is 0.0557. The van der Waals surface area contributed by atoms with Crippen molar-refractivity contribution in [2.24, 2.45) is 5.92 Å². The zero-order valence-corrected chi connectivity index (χ0v) is 16.5. The third-order valence-corrected chi connectivity index (χ3v) is 5.19. The lowest BCUT2D eigenvalue weighted by molar-refractivity contribution is -0.123. The Morgan fingerprint density at radius 3 is 2.74 bits per heavy atom. The van der Waals surface area contributed by atoms with Gasteiger partial charge in [0, 0.05) is 24.3 Å². The lowest BCUT2D eigenvalue weighted by Crippen LogP contribution is -2.39. The van der Waals surface area contributed by atoms with Crippen LogP contribution in [-0.2, 0) is 11.3 Å². The Labute approximate surface area is 169 Å². The Hall–Kier alpha value is -1.82. The first-order valence-electron chi connectivity index (χ1n) is 9.07. The molecule has 1 aromatic carbocycles. The molecule has 27 heavy (non-hydrogen) atoms. The highest BCUT2D eigenvalue weighted by Crippen LogP contribution is 2.27. The molecule has 0 unspecified atom stereocenters. The van der Waals surface area contributed by atoms with Crippen LogP contribution in [0.3, 0.4) is 0 Å². The third-order valence-electron chi connectivity index (χ3n) is 4.66. The lowest BCUT2D eigenvalue weighted by atomic mass is 9.96. The number of rotatable bonds is 7. The number of piperidine rings is 1. The maximum atomic E-state index is 12.0. The van der Waals surface area contributed by atoms with Crippen LogP contribution in [0.5, 0.6) is 5.75 Å². The summed E-state index contributed by atoms with van der Waals surface area (Å²) >= 11 is 11.9. The van der Waals surface area contributed by atoms with Crippen LogP contribution in [0, 0.1) is 5.92 Å². The fourth-order valence-electron chi connectivity index (χ4n) is 3.11. The second kappa shape index (κ2) is 9.93. The van der Waals surface area contributed by atoms with Gasteiger partial charge >= 0.3 is 0 Å². The van der Waals surface area contributed by atoms with Crippen molar-refractivity contribution in [3.8, 4) is 5.75 Å². The number of nitrogens with one attached hydrogen (secondary N) is 1. The second-order valence-corrected chi connectivity index (χ2v) is 7.55. The molecule has 0 aliphatic carbocycles. The molecule has 144 valence electrons. The number of hydrogen-bond donors (Lipinski definition) is 1. The van der Waals surface area contributed by atoms with Crippen LogP contribution in [0.4, 0.5) is 0 Å². The van der Waals surface area contributed by atoms with Crippen LogP contribution in [0.1, 0.15) is 18.5 Å². The Balaban J connectivity index is 1.34. The predicted octanol–water partition coefficient (Wildman–Crippen LogP) is 3.80. The van der Waals surface area contributed by atoms with Gasteiger partial charge in [-0.05, 0) is 62.2 Å². The number of benzene rings is 1. The fourth-order valence-corrected chi connectivity index (χ4v) is 3.58. The number of aromatic nitrogens is 1. The second-order valence-electron chi connectivity index (χ2n) is 6.71. The summed E-state index contributed by atoms with van der Waals surface area (Å²) < 4.78 is 5.46. The number of ether oxygens (including phenoxy) is 1. The number of carbonyl (C=O) groups excluding carboxylic acids is 1. The van der Waals surface area contributed by atoms with E-state index in [1.54, 1.807) is 18.2 Å². The molecule has 5 nitrogen and oxygen atoms in total. The van der Waals surface area contributed by atoms with Gasteiger partial charge in [0.2, 0.25) is 0 Å². The van der Waals surface area contributed by atoms with Crippen molar-refractivity contribution in [3.05, 3.63) is 58.3 Å². The Morgan fingerprint density at radius 1 is 1.22 bits per heavy atom. The molecule has 2 aromatic rings. The average Bonchev–Trinajstić information content (AvgIpc) is 2.67. The summed E-state index contributed by atoms with van der Waals surface area (Å²) in [6, 6.07) is 10.9. The first kappa shape index (κ1) is 19.9. The minimum atomic E-state index is -0.142. The molecule has 0 atom stereocenters. The van der Waals surface area contributed by atoms with Gasteiger partial charge < -0.3 is 10.1 Å². The van der Waals surface area contributed by atoms with Crippen molar-refractivity contribution in [1.82, 2.24) is 15.2 Å². The molecule has 1 fully saturated rings. The van der Waals surface area contributed by atoms with Crippen LogP contribution in [0.15, 0.2) is 42.6 Å². The van der Waals surface area contributed by atoms with Gasteiger partial charge in [0.15, 0.2) is 6.61 Å². The largest absolute Gasteiger partial charge is 0.482 e. The molecular formula is C20H23Cl2N3O2. The Kier molecular flexibility index (Phi) is 7.33. The highest BCUT2D eigenvalue weighted by atomic mass is 35.5. The quantitative estimate of drug-likeness (QED) is 0.758. The summed E-state index contributed by atoms with van der Waals surface area (Å²) in [4.78, 5) is 18.8. The van der Waals surface area contributed by atoms with E-state index in [0.29, 0.717) is 28.3 Å². The van der Waals surface area contributed by atoms with E-state index >= 15 is 0 Å². The van der Waals surface area contributed by atoms with Gasteiger partial charge in [0.25, 0.3) is 5.91 Å². The predicted molar refractivity (Wildman–Crippen MR) is 107 cm³/mol. The third kappa shape index (κ3) is 6.38. The Morgan fingerprint density at radius 2 is 2.04 bits per heavy atom. The van der Waals surface area contributed by atoms with Crippen molar-refractivity contribution in [3.63, 3.8) is 0 Å². The molecule has 0 radical (unpaired) electrons. The molecule has 1 saturated heterocycles. The van der Waals surface area contributed by atoms with Crippen molar-refractivity contribution >= 4 is 29.1 Å². The van der Waals surface area contributed by atoms with Crippen LogP contribution in [-0.4, -0.2) is 42.0 Å². The summed E-state index contributed by atoms with van der Waals surface area (Å²) in [5, 5.41) is 3.89. The first-order chi connectivity index (χ1) is 13.1. The zero-order chi connectivity index (χ0) is 19.1. The van der Waals surface area contributed by atoms with Gasteiger partial charge in [-0.3, -0.25) is 14.7 Å². The van der Waals surface area contributed by atoms with Crippen LogP contribution >= 0.6 is 23.2 Å². The van der Waals surface area contributed by atoms with Gasteiger partial charge in [-0.2, -0.15) is 0 Å². The van der Waals surface area contributed by atoms with Gasteiger partial charge in [-0.25, -0.2) is 0 Å². The number of pyridine rings is 1. The SMILES string of the molecule is O=C(COc1ccc(Cl)cc1Cl)NCC1CCN(Cc2ccccn2)CC1. The maximum absolute atomic E-state index is 12.0. The number of amides is 1. The van der Waals surface area contributed by atoms with E-state index in [-0.39, 0.29) is 12.5 Å². The van der Waals surface area contributed by atoms with E-state index in [4.69, 9.17) is 27.9 Å². The van der Waals surface area contributed by atoms with Crippen molar-refractivity contribution in [1.29, 1.82) is 0 Å². The molecule has 7 heteroatoms. The van der Waals surface area contributed by atoms with Crippen molar-refractivity contribution < 1.29 is 9.53 Å². The van der Waals surface area contributed by atoms with E-state index in [1.165, 1.54) is 0 Å². The molecule has 0 saturated carbocycles. The number of nitrogens with zero attached hydrogens (tertiary/aromatic N) is 2.